The van der Waals surface area contributed by atoms with Crippen LogP contribution in [-0.4, -0.2) is 18.4 Å². The van der Waals surface area contributed by atoms with Crippen LogP contribution in [0.3, 0.4) is 0 Å². The number of carbonyl (C=O) groups is 2. The van der Waals surface area contributed by atoms with Gasteiger partial charge in [-0.1, -0.05) is 31.9 Å². The number of aryl methyl sites for hydroxylation is 2. The molecule has 27 heavy (non-hydrogen) atoms. The fourth-order valence-electron chi connectivity index (χ4n) is 2.67. The highest BCUT2D eigenvalue weighted by Gasteiger charge is 2.05. The molecule has 144 valence electrons. The van der Waals surface area contributed by atoms with E-state index >= 15 is 0 Å². The molecule has 0 saturated heterocycles. The fourth-order valence-corrected chi connectivity index (χ4v) is 2.67. The highest BCUT2D eigenvalue weighted by molar-refractivity contribution is 5.94. The summed E-state index contributed by atoms with van der Waals surface area (Å²) in [4.78, 5) is 24.1. The second-order valence-electron chi connectivity index (χ2n) is 6.79. The molecule has 2 amide bonds. The van der Waals surface area contributed by atoms with Crippen LogP contribution in [0.5, 0.6) is 0 Å². The summed E-state index contributed by atoms with van der Waals surface area (Å²) in [6.45, 7) is 6.33. The standard InChI is InChI=1S/C22H29N3O2/c1-4-5-6-10-21(26)24-19-9-7-8-18(14-19)23-15-22(27)25-20-12-11-16(2)17(3)13-20/h7-9,11-14,23H,4-6,10,15H2,1-3H3,(H,24,26)(H,25,27). The van der Waals surface area contributed by atoms with Gasteiger partial charge in [0.1, 0.15) is 0 Å². The van der Waals surface area contributed by atoms with Crippen molar-refractivity contribution in [3.05, 3.63) is 53.6 Å². The number of hydrogen-bond acceptors (Lipinski definition) is 3. The lowest BCUT2D eigenvalue weighted by Gasteiger charge is -2.11. The van der Waals surface area contributed by atoms with E-state index in [4.69, 9.17) is 0 Å². The number of rotatable bonds is 9. The Bertz CT molecular complexity index is 787. The summed E-state index contributed by atoms with van der Waals surface area (Å²) >= 11 is 0. The van der Waals surface area contributed by atoms with E-state index in [1.54, 1.807) is 0 Å². The topological polar surface area (TPSA) is 70.2 Å². The van der Waals surface area contributed by atoms with Crippen LogP contribution in [-0.2, 0) is 9.59 Å². The van der Waals surface area contributed by atoms with Gasteiger partial charge in [0, 0.05) is 23.5 Å². The summed E-state index contributed by atoms with van der Waals surface area (Å²) in [5.41, 5.74) is 4.65. The molecule has 5 heteroatoms. The maximum Gasteiger partial charge on any atom is 0.243 e. The molecule has 0 aliphatic carbocycles. The van der Waals surface area contributed by atoms with Crippen LogP contribution in [0.25, 0.3) is 0 Å². The van der Waals surface area contributed by atoms with Gasteiger partial charge in [-0.05, 0) is 61.7 Å². The predicted molar refractivity (Wildman–Crippen MR) is 112 cm³/mol. The van der Waals surface area contributed by atoms with E-state index in [9.17, 15) is 9.59 Å². The first-order valence-corrected chi connectivity index (χ1v) is 9.49. The molecule has 2 aromatic rings. The van der Waals surface area contributed by atoms with E-state index in [-0.39, 0.29) is 18.4 Å². The minimum absolute atomic E-state index is 0.0214. The third-order valence-corrected chi connectivity index (χ3v) is 4.40. The van der Waals surface area contributed by atoms with E-state index in [1.807, 2.05) is 56.3 Å². The molecule has 0 heterocycles. The SMILES string of the molecule is CCCCCC(=O)Nc1cccc(NCC(=O)Nc2ccc(C)c(C)c2)c1. The quantitative estimate of drug-likeness (QED) is 0.554. The summed E-state index contributed by atoms with van der Waals surface area (Å²) in [7, 11) is 0. The molecule has 0 bridgehead atoms. The van der Waals surface area contributed by atoms with Crippen molar-refractivity contribution < 1.29 is 9.59 Å². The van der Waals surface area contributed by atoms with Crippen molar-refractivity contribution in [1.29, 1.82) is 0 Å². The second-order valence-corrected chi connectivity index (χ2v) is 6.79. The van der Waals surface area contributed by atoms with Crippen LogP contribution in [0.4, 0.5) is 17.1 Å². The van der Waals surface area contributed by atoms with Crippen molar-refractivity contribution in [2.45, 2.75) is 46.5 Å². The molecule has 0 fully saturated rings. The number of benzene rings is 2. The zero-order valence-electron chi connectivity index (χ0n) is 16.4. The van der Waals surface area contributed by atoms with Crippen LogP contribution in [0, 0.1) is 13.8 Å². The lowest BCUT2D eigenvalue weighted by Crippen LogP contribution is -2.21. The van der Waals surface area contributed by atoms with E-state index in [0.29, 0.717) is 6.42 Å². The molecule has 0 radical (unpaired) electrons. The van der Waals surface area contributed by atoms with E-state index in [0.717, 1.165) is 41.9 Å². The maximum absolute atomic E-state index is 12.1. The Labute approximate surface area is 161 Å². The van der Waals surface area contributed by atoms with Gasteiger partial charge >= 0.3 is 0 Å². The molecule has 5 nitrogen and oxygen atoms in total. The number of carbonyl (C=O) groups excluding carboxylic acids is 2. The first kappa shape index (κ1) is 20.5. The number of unbranched alkanes of at least 4 members (excludes halogenated alkanes) is 2. The predicted octanol–water partition coefficient (Wildman–Crippen LogP) is 4.87. The minimum atomic E-state index is -0.118. The summed E-state index contributed by atoms with van der Waals surface area (Å²) in [6.07, 6.45) is 3.59. The largest absolute Gasteiger partial charge is 0.376 e. The lowest BCUT2D eigenvalue weighted by atomic mass is 10.1. The van der Waals surface area contributed by atoms with E-state index < -0.39 is 0 Å². The van der Waals surface area contributed by atoms with Crippen molar-refractivity contribution in [2.75, 3.05) is 22.5 Å². The van der Waals surface area contributed by atoms with Crippen molar-refractivity contribution in [3.63, 3.8) is 0 Å². The summed E-state index contributed by atoms with van der Waals surface area (Å²) in [5, 5.41) is 8.88. The molecule has 0 unspecified atom stereocenters. The van der Waals surface area contributed by atoms with Crippen molar-refractivity contribution in [3.8, 4) is 0 Å². The van der Waals surface area contributed by atoms with Crippen LogP contribution in [0.15, 0.2) is 42.5 Å². The second kappa shape index (κ2) is 10.4. The highest BCUT2D eigenvalue weighted by atomic mass is 16.2. The number of hydrogen-bond donors (Lipinski definition) is 3. The minimum Gasteiger partial charge on any atom is -0.376 e. The van der Waals surface area contributed by atoms with Crippen molar-refractivity contribution >= 4 is 28.9 Å². The molecule has 0 aliphatic heterocycles. The van der Waals surface area contributed by atoms with Crippen LogP contribution in [0.1, 0.15) is 43.7 Å². The summed E-state index contributed by atoms with van der Waals surface area (Å²) in [5.74, 6) is -0.0969. The molecule has 0 aliphatic rings. The first-order chi connectivity index (χ1) is 13.0. The monoisotopic (exact) mass is 367 g/mol. The Balaban J connectivity index is 1.83. The van der Waals surface area contributed by atoms with Gasteiger partial charge in [-0.25, -0.2) is 0 Å². The zero-order chi connectivity index (χ0) is 19.6. The molecular formula is C22H29N3O2. The van der Waals surface area contributed by atoms with Gasteiger partial charge in [-0.15, -0.1) is 0 Å². The molecular weight excluding hydrogens is 338 g/mol. The normalized spacial score (nSPS) is 10.3. The third kappa shape index (κ3) is 7.13. The van der Waals surface area contributed by atoms with Crippen LogP contribution >= 0.6 is 0 Å². The van der Waals surface area contributed by atoms with Gasteiger partial charge in [-0.2, -0.15) is 0 Å². The average molecular weight is 367 g/mol. The summed E-state index contributed by atoms with van der Waals surface area (Å²) < 4.78 is 0. The molecule has 0 saturated carbocycles. The average Bonchev–Trinajstić information content (AvgIpc) is 2.64. The Kier molecular flexibility index (Phi) is 7.86. The fraction of sp³-hybridized carbons (Fsp3) is 0.364. The molecule has 2 rings (SSSR count). The number of amides is 2. The molecule has 0 spiro atoms. The Morgan fingerprint density at radius 1 is 0.815 bits per heavy atom. The van der Waals surface area contributed by atoms with Gasteiger partial charge in [0.15, 0.2) is 0 Å². The van der Waals surface area contributed by atoms with Gasteiger partial charge in [0.2, 0.25) is 11.8 Å². The van der Waals surface area contributed by atoms with E-state index in [2.05, 4.69) is 22.9 Å². The zero-order valence-corrected chi connectivity index (χ0v) is 16.4. The Morgan fingerprint density at radius 3 is 2.26 bits per heavy atom. The van der Waals surface area contributed by atoms with Gasteiger partial charge in [0.05, 0.1) is 6.54 Å². The van der Waals surface area contributed by atoms with Crippen LogP contribution < -0.4 is 16.0 Å². The number of nitrogens with one attached hydrogen (secondary N) is 3. The smallest absolute Gasteiger partial charge is 0.243 e. The lowest BCUT2D eigenvalue weighted by molar-refractivity contribution is -0.116. The van der Waals surface area contributed by atoms with Crippen molar-refractivity contribution in [2.24, 2.45) is 0 Å². The molecule has 0 atom stereocenters. The molecule has 2 aromatic carbocycles. The van der Waals surface area contributed by atoms with Gasteiger partial charge in [0.25, 0.3) is 0 Å². The Hall–Kier alpha value is -2.82. The van der Waals surface area contributed by atoms with E-state index in [1.165, 1.54) is 5.56 Å². The van der Waals surface area contributed by atoms with Gasteiger partial charge < -0.3 is 16.0 Å². The third-order valence-electron chi connectivity index (χ3n) is 4.40. The molecule has 0 aromatic heterocycles. The number of anilines is 3. The van der Waals surface area contributed by atoms with Crippen molar-refractivity contribution in [1.82, 2.24) is 0 Å². The van der Waals surface area contributed by atoms with Crippen LogP contribution in [0.2, 0.25) is 0 Å². The van der Waals surface area contributed by atoms with Gasteiger partial charge in [-0.3, -0.25) is 9.59 Å². The molecule has 3 N–H and O–H groups in total. The Morgan fingerprint density at radius 2 is 1.52 bits per heavy atom. The summed E-state index contributed by atoms with van der Waals surface area (Å²) in [6, 6.07) is 13.3. The first-order valence-electron chi connectivity index (χ1n) is 9.49. The highest BCUT2D eigenvalue weighted by Crippen LogP contribution is 2.16. The maximum atomic E-state index is 12.1.